The summed E-state index contributed by atoms with van der Waals surface area (Å²) in [5.74, 6) is 2.12. The number of pyridine rings is 3. The van der Waals surface area contributed by atoms with Crippen molar-refractivity contribution in [3.63, 3.8) is 0 Å². The first-order valence-corrected chi connectivity index (χ1v) is 11.8. The van der Waals surface area contributed by atoms with Crippen molar-refractivity contribution in [1.82, 2.24) is 29.6 Å². The lowest BCUT2D eigenvalue weighted by atomic mass is 10.1. The summed E-state index contributed by atoms with van der Waals surface area (Å²) in [6.07, 6.45) is 5.21. The van der Waals surface area contributed by atoms with E-state index in [0.717, 1.165) is 22.9 Å². The molecule has 0 aromatic carbocycles. The highest BCUT2D eigenvalue weighted by Crippen LogP contribution is 2.28. The van der Waals surface area contributed by atoms with Gasteiger partial charge in [0.2, 0.25) is 11.8 Å². The van der Waals surface area contributed by atoms with E-state index in [1.54, 1.807) is 29.2 Å². The third-order valence-electron chi connectivity index (χ3n) is 6.11. The Labute approximate surface area is 208 Å². The molecule has 0 radical (unpaired) electrons. The topological polar surface area (TPSA) is 124 Å². The van der Waals surface area contributed by atoms with Crippen LogP contribution in [0.3, 0.4) is 0 Å². The summed E-state index contributed by atoms with van der Waals surface area (Å²) >= 11 is 0. The molecule has 1 atom stereocenters. The molecule has 0 fully saturated rings. The van der Waals surface area contributed by atoms with Crippen LogP contribution in [0.2, 0.25) is 0 Å². The van der Waals surface area contributed by atoms with Gasteiger partial charge in [0.25, 0.3) is 0 Å². The lowest BCUT2D eigenvalue weighted by Gasteiger charge is -2.24. The number of anilines is 3. The smallest absolute Gasteiger partial charge is 0.244 e. The number of ether oxygens (including phenoxy) is 1. The van der Waals surface area contributed by atoms with Crippen molar-refractivity contribution in [3.05, 3.63) is 72.8 Å². The second-order valence-corrected chi connectivity index (χ2v) is 8.90. The molecule has 5 heterocycles. The zero-order chi connectivity index (χ0) is 25.2. The average Bonchev–Trinajstić information content (AvgIpc) is 3.15. The number of carbonyl (C=O) groups is 1. The number of hydrogen-bond donors (Lipinski definition) is 2. The fourth-order valence-electron chi connectivity index (χ4n) is 4.30. The van der Waals surface area contributed by atoms with E-state index in [4.69, 9.17) is 10.5 Å². The molecule has 0 saturated heterocycles. The van der Waals surface area contributed by atoms with E-state index in [2.05, 4.69) is 31.9 Å². The van der Waals surface area contributed by atoms with Gasteiger partial charge in [0.1, 0.15) is 18.2 Å². The summed E-state index contributed by atoms with van der Waals surface area (Å²) in [5.41, 5.74) is 7.86. The van der Waals surface area contributed by atoms with Gasteiger partial charge in [0, 0.05) is 54.6 Å². The number of hydrogen-bond acceptors (Lipinski definition) is 8. The van der Waals surface area contributed by atoms with Gasteiger partial charge in [0.05, 0.1) is 5.69 Å². The van der Waals surface area contributed by atoms with Crippen molar-refractivity contribution in [2.45, 2.75) is 39.0 Å². The molecule has 1 aliphatic rings. The maximum Gasteiger partial charge on any atom is 0.244 e. The standard InChI is InChI=1S/C26H28N8O2/c1-4-21(36-24-7-5-6-9-28-24)20-11-17-12-22(29-14-19(17)26(27)30-20)31-23-13-18-8-10-33(16(2)3)25(35)15-34(18)32-23/h4-7,9,11-14,16,21H,1,8,10,15H2,2-3H3,(H2,27,30)(H,29,31,32)/t21-/m0/s1. The quantitative estimate of drug-likeness (QED) is 0.381. The molecule has 4 aromatic heterocycles. The fourth-order valence-corrected chi connectivity index (χ4v) is 4.30. The highest BCUT2D eigenvalue weighted by molar-refractivity contribution is 5.92. The van der Waals surface area contributed by atoms with Crippen LogP contribution in [-0.2, 0) is 17.8 Å². The molecule has 10 heteroatoms. The number of amides is 1. The van der Waals surface area contributed by atoms with E-state index in [-0.39, 0.29) is 18.5 Å². The Morgan fingerprint density at radius 1 is 1.19 bits per heavy atom. The zero-order valence-corrected chi connectivity index (χ0v) is 20.3. The van der Waals surface area contributed by atoms with Crippen LogP contribution in [0.4, 0.5) is 17.5 Å². The van der Waals surface area contributed by atoms with Gasteiger partial charge in [-0.05, 0) is 43.5 Å². The predicted molar refractivity (Wildman–Crippen MR) is 138 cm³/mol. The number of nitrogens with zero attached hydrogens (tertiary/aromatic N) is 6. The predicted octanol–water partition coefficient (Wildman–Crippen LogP) is 3.65. The van der Waals surface area contributed by atoms with Gasteiger partial charge < -0.3 is 20.7 Å². The fraction of sp³-hybridized carbons (Fsp3) is 0.269. The van der Waals surface area contributed by atoms with E-state index in [9.17, 15) is 4.79 Å². The summed E-state index contributed by atoms with van der Waals surface area (Å²) in [4.78, 5) is 27.7. The zero-order valence-electron chi connectivity index (χ0n) is 20.3. The van der Waals surface area contributed by atoms with Gasteiger partial charge in [-0.1, -0.05) is 12.6 Å². The largest absolute Gasteiger partial charge is 0.464 e. The van der Waals surface area contributed by atoms with Crippen molar-refractivity contribution in [1.29, 1.82) is 0 Å². The summed E-state index contributed by atoms with van der Waals surface area (Å²) < 4.78 is 7.71. The van der Waals surface area contributed by atoms with Crippen molar-refractivity contribution in [2.24, 2.45) is 0 Å². The van der Waals surface area contributed by atoms with Gasteiger partial charge in [-0.15, -0.1) is 0 Å². The number of aromatic nitrogens is 5. The minimum atomic E-state index is -0.525. The number of fused-ring (bicyclic) bond motifs is 2. The van der Waals surface area contributed by atoms with Gasteiger partial charge >= 0.3 is 0 Å². The second-order valence-electron chi connectivity index (χ2n) is 8.90. The van der Waals surface area contributed by atoms with Crippen LogP contribution < -0.4 is 15.8 Å². The monoisotopic (exact) mass is 484 g/mol. The van der Waals surface area contributed by atoms with Crippen LogP contribution in [0.15, 0.2) is 61.4 Å². The van der Waals surface area contributed by atoms with E-state index < -0.39 is 6.10 Å². The number of carbonyl (C=O) groups excluding carboxylic acids is 1. The number of nitrogen functional groups attached to an aromatic ring is 1. The first-order chi connectivity index (χ1) is 17.4. The number of nitrogens with one attached hydrogen (secondary N) is 1. The lowest BCUT2D eigenvalue weighted by molar-refractivity contribution is -0.133. The molecule has 184 valence electrons. The normalized spacial score (nSPS) is 14.4. The number of rotatable bonds is 7. The highest BCUT2D eigenvalue weighted by Gasteiger charge is 2.24. The minimum Gasteiger partial charge on any atom is -0.464 e. The van der Waals surface area contributed by atoms with Crippen molar-refractivity contribution >= 4 is 34.1 Å². The van der Waals surface area contributed by atoms with Crippen molar-refractivity contribution < 1.29 is 9.53 Å². The van der Waals surface area contributed by atoms with Crippen LogP contribution >= 0.6 is 0 Å². The molecule has 10 nitrogen and oxygen atoms in total. The Bertz CT molecular complexity index is 1420. The van der Waals surface area contributed by atoms with Crippen LogP contribution in [0.25, 0.3) is 10.8 Å². The van der Waals surface area contributed by atoms with Crippen LogP contribution in [0, 0.1) is 0 Å². The highest BCUT2D eigenvalue weighted by atomic mass is 16.5. The third kappa shape index (κ3) is 4.70. The molecular formula is C26H28N8O2. The van der Waals surface area contributed by atoms with Crippen molar-refractivity contribution in [2.75, 3.05) is 17.6 Å². The van der Waals surface area contributed by atoms with Gasteiger partial charge in [0.15, 0.2) is 11.9 Å². The Balaban J connectivity index is 1.39. The minimum absolute atomic E-state index is 0.0717. The molecule has 1 amide bonds. The summed E-state index contributed by atoms with van der Waals surface area (Å²) in [5, 5.41) is 9.42. The Hall–Kier alpha value is -4.47. The van der Waals surface area contributed by atoms with Gasteiger partial charge in [-0.25, -0.2) is 15.0 Å². The third-order valence-corrected chi connectivity index (χ3v) is 6.11. The molecule has 0 bridgehead atoms. The lowest BCUT2D eigenvalue weighted by Crippen LogP contribution is -2.38. The molecule has 0 saturated carbocycles. The Morgan fingerprint density at radius 3 is 2.81 bits per heavy atom. The molecule has 36 heavy (non-hydrogen) atoms. The molecule has 0 aliphatic carbocycles. The van der Waals surface area contributed by atoms with E-state index in [1.807, 2.05) is 49.1 Å². The first-order valence-electron chi connectivity index (χ1n) is 11.8. The summed E-state index contributed by atoms with van der Waals surface area (Å²) in [6.45, 7) is 8.84. The van der Waals surface area contributed by atoms with Crippen LogP contribution in [0.1, 0.15) is 31.3 Å². The molecule has 5 rings (SSSR count). The van der Waals surface area contributed by atoms with E-state index >= 15 is 0 Å². The Kier molecular flexibility index (Phi) is 6.24. The SMILES string of the molecule is C=C[C@H](Oc1ccccn1)c1cc2cc(Nc3cc4n(n3)CC(=O)N(C(C)C)CC4)ncc2c(N)n1. The molecule has 4 aromatic rings. The maximum absolute atomic E-state index is 12.6. The van der Waals surface area contributed by atoms with Crippen molar-refractivity contribution in [3.8, 4) is 5.88 Å². The average molecular weight is 485 g/mol. The van der Waals surface area contributed by atoms with Gasteiger partial charge in [-0.2, -0.15) is 5.10 Å². The first kappa shape index (κ1) is 23.3. The van der Waals surface area contributed by atoms with Crippen LogP contribution in [-0.4, -0.2) is 48.1 Å². The summed E-state index contributed by atoms with van der Waals surface area (Å²) in [7, 11) is 0. The summed E-state index contributed by atoms with van der Waals surface area (Å²) in [6, 6.07) is 11.4. The molecule has 1 aliphatic heterocycles. The molecule has 3 N–H and O–H groups in total. The number of nitrogens with two attached hydrogens (primary N) is 1. The van der Waals surface area contributed by atoms with Gasteiger partial charge in [-0.3, -0.25) is 9.48 Å². The Morgan fingerprint density at radius 2 is 2.06 bits per heavy atom. The van der Waals surface area contributed by atoms with Crippen LogP contribution in [0.5, 0.6) is 5.88 Å². The van der Waals surface area contributed by atoms with E-state index in [0.29, 0.717) is 35.6 Å². The molecular weight excluding hydrogens is 456 g/mol. The molecule has 0 unspecified atom stereocenters. The van der Waals surface area contributed by atoms with E-state index in [1.165, 1.54) is 0 Å². The second kappa shape index (κ2) is 9.65. The molecule has 0 spiro atoms. The maximum atomic E-state index is 12.6.